The molecule has 4 aromatic rings. The molecule has 0 aliphatic rings. The number of hydrogen-bond donors (Lipinski definition) is 1. The van der Waals surface area contributed by atoms with E-state index in [0.29, 0.717) is 10.6 Å². The molecular formula is C19H13BrFN3OS. The van der Waals surface area contributed by atoms with Crippen molar-refractivity contribution in [3.8, 4) is 5.69 Å². The summed E-state index contributed by atoms with van der Waals surface area (Å²) >= 11 is 4.81. The smallest absolute Gasteiger partial charge is 0.265 e. The molecule has 0 saturated heterocycles. The summed E-state index contributed by atoms with van der Waals surface area (Å²) in [5.41, 5.74) is 2.35. The van der Waals surface area contributed by atoms with Crippen LogP contribution < -0.4 is 5.32 Å². The largest absolute Gasteiger partial charge is 0.321 e. The lowest BCUT2D eigenvalue weighted by molar-refractivity contribution is 0.103. The predicted octanol–water partition coefficient (Wildman–Crippen LogP) is 5.55. The van der Waals surface area contributed by atoms with Crippen molar-refractivity contribution in [1.82, 2.24) is 9.78 Å². The van der Waals surface area contributed by atoms with E-state index >= 15 is 0 Å². The fraction of sp³-hybridized carbons (Fsp3) is 0.0526. The summed E-state index contributed by atoms with van der Waals surface area (Å²) in [7, 11) is 0. The molecule has 2 heterocycles. The van der Waals surface area contributed by atoms with Crippen LogP contribution in [0.25, 0.3) is 15.9 Å². The molecule has 0 saturated carbocycles. The van der Waals surface area contributed by atoms with Gasteiger partial charge in [0.1, 0.15) is 10.6 Å². The van der Waals surface area contributed by atoms with Gasteiger partial charge in [-0.05, 0) is 61.5 Å². The predicted molar refractivity (Wildman–Crippen MR) is 106 cm³/mol. The van der Waals surface area contributed by atoms with E-state index in [0.717, 1.165) is 26.1 Å². The van der Waals surface area contributed by atoms with Gasteiger partial charge in [-0.3, -0.25) is 4.79 Å². The first-order valence-corrected chi connectivity index (χ1v) is 9.44. The van der Waals surface area contributed by atoms with Gasteiger partial charge in [-0.2, -0.15) is 5.10 Å². The minimum atomic E-state index is -0.338. The zero-order valence-corrected chi connectivity index (χ0v) is 16.1. The van der Waals surface area contributed by atoms with Crippen LogP contribution in [0.3, 0.4) is 0 Å². The molecule has 0 spiro atoms. The highest BCUT2D eigenvalue weighted by Gasteiger charge is 2.17. The van der Waals surface area contributed by atoms with Gasteiger partial charge in [0, 0.05) is 15.5 Å². The molecule has 0 unspecified atom stereocenters. The Morgan fingerprint density at radius 1 is 1.15 bits per heavy atom. The van der Waals surface area contributed by atoms with Crippen LogP contribution in [0.5, 0.6) is 0 Å². The Morgan fingerprint density at radius 3 is 2.54 bits per heavy atom. The zero-order valence-electron chi connectivity index (χ0n) is 13.7. The van der Waals surface area contributed by atoms with Gasteiger partial charge in [-0.15, -0.1) is 11.3 Å². The minimum Gasteiger partial charge on any atom is -0.321 e. The topological polar surface area (TPSA) is 46.9 Å². The Morgan fingerprint density at radius 2 is 1.85 bits per heavy atom. The Labute approximate surface area is 161 Å². The van der Waals surface area contributed by atoms with Gasteiger partial charge in [0.25, 0.3) is 5.91 Å². The van der Waals surface area contributed by atoms with Crippen LogP contribution in [0.4, 0.5) is 10.1 Å². The second-order valence-corrected chi connectivity index (χ2v) is 7.71. The number of rotatable bonds is 3. The fourth-order valence-electron chi connectivity index (χ4n) is 2.64. The van der Waals surface area contributed by atoms with Crippen LogP contribution in [0, 0.1) is 12.7 Å². The maximum atomic E-state index is 13.0. The molecule has 4 rings (SSSR count). The molecule has 1 N–H and O–H groups in total. The monoisotopic (exact) mass is 429 g/mol. The molecule has 7 heteroatoms. The van der Waals surface area contributed by atoms with Crippen molar-refractivity contribution in [1.29, 1.82) is 0 Å². The number of nitrogens with zero attached hydrogens (tertiary/aromatic N) is 2. The Kier molecular flexibility index (Phi) is 4.34. The number of aryl methyl sites for hydroxylation is 1. The van der Waals surface area contributed by atoms with E-state index in [-0.39, 0.29) is 11.7 Å². The molecular weight excluding hydrogens is 417 g/mol. The van der Waals surface area contributed by atoms with Crippen LogP contribution in [-0.2, 0) is 0 Å². The van der Waals surface area contributed by atoms with Gasteiger partial charge in [0.15, 0.2) is 0 Å². The number of thiophene rings is 1. The van der Waals surface area contributed by atoms with E-state index in [1.54, 1.807) is 0 Å². The van der Waals surface area contributed by atoms with Crippen molar-refractivity contribution in [3.05, 3.63) is 75.5 Å². The Hall–Kier alpha value is -2.51. The van der Waals surface area contributed by atoms with E-state index in [1.807, 2.05) is 41.9 Å². The average Bonchev–Trinajstić information content (AvgIpc) is 3.19. The summed E-state index contributed by atoms with van der Waals surface area (Å²) < 4.78 is 15.8. The summed E-state index contributed by atoms with van der Waals surface area (Å²) in [6, 6.07) is 15.4. The summed E-state index contributed by atoms with van der Waals surface area (Å²) in [4.78, 5) is 14.0. The molecule has 1 amide bonds. The molecule has 2 aromatic heterocycles. The summed E-state index contributed by atoms with van der Waals surface area (Å²) in [6.45, 7) is 1.92. The van der Waals surface area contributed by atoms with Crippen LogP contribution >= 0.6 is 27.3 Å². The first-order valence-electron chi connectivity index (χ1n) is 7.83. The van der Waals surface area contributed by atoms with E-state index in [1.165, 1.54) is 35.6 Å². The second kappa shape index (κ2) is 6.66. The molecule has 0 aliphatic heterocycles. The molecule has 0 fully saturated rings. The number of fused-ring (bicyclic) bond motifs is 1. The number of benzene rings is 2. The van der Waals surface area contributed by atoms with Crippen LogP contribution in [0.15, 0.2) is 59.1 Å². The van der Waals surface area contributed by atoms with Gasteiger partial charge in [0.2, 0.25) is 0 Å². The maximum Gasteiger partial charge on any atom is 0.265 e. The first kappa shape index (κ1) is 16.9. The lowest BCUT2D eigenvalue weighted by Gasteiger charge is -2.04. The number of nitrogens with one attached hydrogen (secondary N) is 1. The van der Waals surface area contributed by atoms with Gasteiger partial charge in [-0.1, -0.05) is 15.9 Å². The van der Waals surface area contributed by atoms with Gasteiger partial charge < -0.3 is 5.32 Å². The number of amides is 1. The van der Waals surface area contributed by atoms with Crippen LogP contribution in [0.1, 0.15) is 15.4 Å². The van der Waals surface area contributed by atoms with E-state index < -0.39 is 0 Å². The molecule has 2 aromatic carbocycles. The van der Waals surface area contributed by atoms with E-state index in [9.17, 15) is 9.18 Å². The molecule has 130 valence electrons. The molecule has 4 nitrogen and oxygen atoms in total. The zero-order chi connectivity index (χ0) is 18.3. The second-order valence-electron chi connectivity index (χ2n) is 5.76. The summed E-state index contributed by atoms with van der Waals surface area (Å²) in [5, 5.41) is 8.32. The normalized spacial score (nSPS) is 11.0. The van der Waals surface area contributed by atoms with Crippen molar-refractivity contribution in [2.45, 2.75) is 6.92 Å². The molecule has 26 heavy (non-hydrogen) atoms. The standard InChI is InChI=1S/C19H13BrFN3OS/c1-11-16-10-17(18(25)22-14-6-4-13(21)5-7-14)26-19(16)24(23-11)15-8-2-12(20)3-9-15/h2-10H,1H3,(H,22,25). The Bertz CT molecular complexity index is 1100. The molecule has 0 radical (unpaired) electrons. The van der Waals surface area contributed by atoms with Crippen LogP contribution in [-0.4, -0.2) is 15.7 Å². The Balaban J connectivity index is 1.69. The maximum absolute atomic E-state index is 13.0. The average molecular weight is 430 g/mol. The third-order valence-electron chi connectivity index (χ3n) is 3.94. The molecule has 0 bridgehead atoms. The van der Waals surface area contributed by atoms with Crippen molar-refractivity contribution < 1.29 is 9.18 Å². The van der Waals surface area contributed by atoms with E-state index in [2.05, 4.69) is 26.3 Å². The highest BCUT2D eigenvalue weighted by Crippen LogP contribution is 2.31. The SMILES string of the molecule is Cc1nn(-c2ccc(Br)cc2)c2sc(C(=O)Nc3ccc(F)cc3)cc12. The van der Waals surface area contributed by atoms with Crippen molar-refractivity contribution >= 4 is 49.1 Å². The van der Waals surface area contributed by atoms with Gasteiger partial charge >= 0.3 is 0 Å². The van der Waals surface area contributed by atoms with Crippen molar-refractivity contribution in [2.75, 3.05) is 5.32 Å². The van der Waals surface area contributed by atoms with Crippen LogP contribution in [0.2, 0.25) is 0 Å². The highest BCUT2D eigenvalue weighted by molar-refractivity contribution is 9.10. The number of aromatic nitrogens is 2. The van der Waals surface area contributed by atoms with Gasteiger partial charge in [0.05, 0.1) is 16.3 Å². The summed E-state index contributed by atoms with van der Waals surface area (Å²) in [5.74, 6) is -0.561. The minimum absolute atomic E-state index is 0.223. The van der Waals surface area contributed by atoms with Gasteiger partial charge in [-0.25, -0.2) is 9.07 Å². The number of anilines is 1. The summed E-state index contributed by atoms with van der Waals surface area (Å²) in [6.07, 6.45) is 0. The lowest BCUT2D eigenvalue weighted by Crippen LogP contribution is -2.10. The molecule has 0 atom stereocenters. The lowest BCUT2D eigenvalue weighted by atomic mass is 10.3. The van der Waals surface area contributed by atoms with Crippen molar-refractivity contribution in [3.63, 3.8) is 0 Å². The first-order chi connectivity index (χ1) is 12.5. The fourth-order valence-corrected chi connectivity index (χ4v) is 3.98. The quantitative estimate of drug-likeness (QED) is 0.463. The number of carbonyl (C=O) groups excluding carboxylic acids is 1. The number of carbonyl (C=O) groups is 1. The highest BCUT2D eigenvalue weighted by atomic mass is 79.9. The molecule has 0 aliphatic carbocycles. The number of hydrogen-bond acceptors (Lipinski definition) is 3. The van der Waals surface area contributed by atoms with Crippen molar-refractivity contribution in [2.24, 2.45) is 0 Å². The third kappa shape index (κ3) is 3.15. The number of halogens is 2. The third-order valence-corrected chi connectivity index (χ3v) is 5.58. The van der Waals surface area contributed by atoms with E-state index in [4.69, 9.17) is 0 Å².